The summed E-state index contributed by atoms with van der Waals surface area (Å²) in [7, 11) is 0. The molecule has 2 N–H and O–H groups in total. The number of hydrogen-bond donors (Lipinski definition) is 2. The standard InChI is InChI=1S/C16H21N3O2S/c1-10(15-9-11-2-3-12(15)8-11)17-16(22)18-13-4-6-14(7-5-13)19(20)21/h4-7,10-12,15H,2-3,8-9H2,1H3,(H2,17,18,22)/t10-,11-,12-,15+/m0/s1. The van der Waals surface area contributed by atoms with Gasteiger partial charge in [-0.2, -0.15) is 0 Å². The topological polar surface area (TPSA) is 67.2 Å². The first-order chi connectivity index (χ1) is 10.5. The number of nitro benzene ring substituents is 1. The zero-order valence-electron chi connectivity index (χ0n) is 12.6. The molecule has 1 aromatic carbocycles. The number of rotatable bonds is 4. The van der Waals surface area contributed by atoms with Crippen molar-refractivity contribution in [2.45, 2.75) is 38.6 Å². The summed E-state index contributed by atoms with van der Waals surface area (Å²) in [5, 5.41) is 17.7. The number of non-ortho nitro benzene ring substituents is 1. The quantitative estimate of drug-likeness (QED) is 0.503. The SMILES string of the molecule is C[C@H](NC(=S)Nc1ccc([N+](=O)[O-])cc1)[C@H]1C[C@H]2CC[C@H]1C2. The molecule has 2 fully saturated rings. The van der Waals surface area contributed by atoms with Gasteiger partial charge in [-0.1, -0.05) is 6.42 Å². The molecule has 2 bridgehead atoms. The van der Waals surface area contributed by atoms with Crippen LogP contribution in [0.2, 0.25) is 0 Å². The summed E-state index contributed by atoms with van der Waals surface area (Å²) < 4.78 is 0. The zero-order chi connectivity index (χ0) is 15.7. The van der Waals surface area contributed by atoms with Crippen LogP contribution < -0.4 is 10.6 Å². The third-order valence-corrected chi connectivity index (χ3v) is 5.35. The molecule has 0 aromatic heterocycles. The van der Waals surface area contributed by atoms with Gasteiger partial charge in [0, 0.05) is 23.9 Å². The van der Waals surface area contributed by atoms with Crippen molar-refractivity contribution >= 4 is 28.7 Å². The van der Waals surface area contributed by atoms with Gasteiger partial charge in [0.15, 0.2) is 5.11 Å². The Bertz CT molecular complexity index is 575. The summed E-state index contributed by atoms with van der Waals surface area (Å²) in [5.74, 6) is 2.50. The highest BCUT2D eigenvalue weighted by atomic mass is 32.1. The molecule has 0 heterocycles. The van der Waals surface area contributed by atoms with E-state index < -0.39 is 4.92 Å². The minimum atomic E-state index is -0.405. The van der Waals surface area contributed by atoms with Crippen molar-refractivity contribution in [2.24, 2.45) is 17.8 Å². The van der Waals surface area contributed by atoms with Crippen LogP contribution in [0.5, 0.6) is 0 Å². The molecule has 118 valence electrons. The van der Waals surface area contributed by atoms with Crippen LogP contribution in [-0.4, -0.2) is 16.1 Å². The fourth-order valence-corrected chi connectivity index (χ4v) is 4.36. The van der Waals surface area contributed by atoms with Gasteiger partial charge in [-0.05, 0) is 68.3 Å². The Morgan fingerprint density at radius 2 is 2.05 bits per heavy atom. The third-order valence-electron chi connectivity index (χ3n) is 5.13. The lowest BCUT2D eigenvalue weighted by molar-refractivity contribution is -0.384. The molecule has 5 nitrogen and oxygen atoms in total. The van der Waals surface area contributed by atoms with Crippen LogP contribution in [0.15, 0.2) is 24.3 Å². The minimum Gasteiger partial charge on any atom is -0.360 e. The fourth-order valence-electron chi connectivity index (χ4n) is 4.05. The van der Waals surface area contributed by atoms with Gasteiger partial charge in [-0.15, -0.1) is 0 Å². The molecule has 22 heavy (non-hydrogen) atoms. The van der Waals surface area contributed by atoms with Gasteiger partial charge in [-0.3, -0.25) is 10.1 Å². The van der Waals surface area contributed by atoms with Crippen LogP contribution in [0.4, 0.5) is 11.4 Å². The smallest absolute Gasteiger partial charge is 0.269 e. The predicted molar refractivity (Wildman–Crippen MR) is 90.9 cm³/mol. The molecular weight excluding hydrogens is 298 g/mol. The maximum Gasteiger partial charge on any atom is 0.269 e. The normalized spacial score (nSPS) is 27.4. The summed E-state index contributed by atoms with van der Waals surface area (Å²) >= 11 is 5.36. The third kappa shape index (κ3) is 3.21. The first kappa shape index (κ1) is 15.2. The lowest BCUT2D eigenvalue weighted by Crippen LogP contribution is -2.42. The van der Waals surface area contributed by atoms with Crippen molar-refractivity contribution < 1.29 is 4.92 Å². The van der Waals surface area contributed by atoms with Crippen LogP contribution in [0, 0.1) is 27.9 Å². The first-order valence-electron chi connectivity index (χ1n) is 7.85. The molecule has 0 spiro atoms. The number of thiocarbonyl (C=S) groups is 1. The predicted octanol–water partition coefficient (Wildman–Crippen LogP) is 3.71. The molecule has 0 aliphatic heterocycles. The Labute approximate surface area is 135 Å². The Kier molecular flexibility index (Phi) is 4.29. The minimum absolute atomic E-state index is 0.0831. The largest absolute Gasteiger partial charge is 0.360 e. The van der Waals surface area contributed by atoms with Crippen molar-refractivity contribution in [1.29, 1.82) is 0 Å². The van der Waals surface area contributed by atoms with E-state index in [1.54, 1.807) is 12.1 Å². The number of nitrogens with zero attached hydrogens (tertiary/aromatic N) is 1. The second-order valence-corrected chi connectivity index (χ2v) is 6.94. The molecular formula is C16H21N3O2S. The van der Waals surface area contributed by atoms with Gasteiger partial charge in [-0.25, -0.2) is 0 Å². The Balaban J connectivity index is 1.52. The van der Waals surface area contributed by atoms with Crippen LogP contribution in [0.25, 0.3) is 0 Å². The molecule has 2 aliphatic rings. The Hall–Kier alpha value is -1.69. The first-order valence-corrected chi connectivity index (χ1v) is 8.25. The second-order valence-electron chi connectivity index (χ2n) is 6.53. The van der Waals surface area contributed by atoms with Gasteiger partial charge in [0.2, 0.25) is 0 Å². The summed E-state index contributed by atoms with van der Waals surface area (Å²) in [6.45, 7) is 2.20. The van der Waals surface area contributed by atoms with E-state index in [0.29, 0.717) is 11.2 Å². The van der Waals surface area contributed by atoms with E-state index >= 15 is 0 Å². The van der Waals surface area contributed by atoms with Gasteiger partial charge in [0.1, 0.15) is 0 Å². The molecule has 0 radical (unpaired) electrons. The van der Waals surface area contributed by atoms with E-state index in [9.17, 15) is 10.1 Å². The Morgan fingerprint density at radius 1 is 1.32 bits per heavy atom. The van der Waals surface area contributed by atoms with Crippen LogP contribution in [-0.2, 0) is 0 Å². The van der Waals surface area contributed by atoms with Crippen LogP contribution in [0.3, 0.4) is 0 Å². The molecule has 3 rings (SSSR count). The maximum atomic E-state index is 10.6. The summed E-state index contributed by atoms with van der Waals surface area (Å²) in [6.07, 6.45) is 5.47. The number of hydrogen-bond acceptors (Lipinski definition) is 3. The molecule has 0 saturated heterocycles. The van der Waals surface area contributed by atoms with E-state index in [1.807, 2.05) is 0 Å². The molecule has 6 heteroatoms. The molecule has 1 aromatic rings. The average Bonchev–Trinajstić information content (AvgIpc) is 3.10. The summed E-state index contributed by atoms with van der Waals surface area (Å²) in [4.78, 5) is 10.2. The van der Waals surface area contributed by atoms with Crippen molar-refractivity contribution in [3.63, 3.8) is 0 Å². The maximum absolute atomic E-state index is 10.6. The van der Waals surface area contributed by atoms with E-state index in [4.69, 9.17) is 12.2 Å². The molecule has 2 aliphatic carbocycles. The van der Waals surface area contributed by atoms with Crippen LogP contribution in [0.1, 0.15) is 32.6 Å². The summed E-state index contributed by atoms with van der Waals surface area (Å²) in [5.41, 5.74) is 0.850. The number of anilines is 1. The monoisotopic (exact) mass is 319 g/mol. The number of fused-ring (bicyclic) bond motifs is 2. The highest BCUT2D eigenvalue weighted by Gasteiger charge is 2.41. The highest BCUT2D eigenvalue weighted by molar-refractivity contribution is 7.80. The van der Waals surface area contributed by atoms with E-state index in [1.165, 1.54) is 37.8 Å². The number of nitro groups is 1. The molecule has 0 unspecified atom stereocenters. The van der Waals surface area contributed by atoms with Crippen molar-refractivity contribution in [1.82, 2.24) is 5.32 Å². The lowest BCUT2D eigenvalue weighted by atomic mass is 9.84. The number of nitrogens with one attached hydrogen (secondary N) is 2. The Morgan fingerprint density at radius 3 is 2.59 bits per heavy atom. The zero-order valence-corrected chi connectivity index (χ0v) is 13.4. The summed E-state index contributed by atoms with van der Waals surface area (Å²) in [6, 6.07) is 6.67. The lowest BCUT2D eigenvalue weighted by Gasteiger charge is -2.29. The van der Waals surface area contributed by atoms with Gasteiger partial charge >= 0.3 is 0 Å². The molecule has 0 amide bonds. The van der Waals surface area contributed by atoms with Gasteiger partial charge in [0.25, 0.3) is 5.69 Å². The van der Waals surface area contributed by atoms with Crippen molar-refractivity contribution in [2.75, 3.05) is 5.32 Å². The van der Waals surface area contributed by atoms with E-state index in [0.717, 1.165) is 23.4 Å². The van der Waals surface area contributed by atoms with E-state index in [2.05, 4.69) is 17.6 Å². The van der Waals surface area contributed by atoms with Gasteiger partial charge in [0.05, 0.1) is 4.92 Å². The highest BCUT2D eigenvalue weighted by Crippen LogP contribution is 2.49. The second kappa shape index (κ2) is 6.20. The average molecular weight is 319 g/mol. The van der Waals surface area contributed by atoms with Crippen molar-refractivity contribution in [3.05, 3.63) is 34.4 Å². The fraction of sp³-hybridized carbons (Fsp3) is 0.562. The van der Waals surface area contributed by atoms with Crippen molar-refractivity contribution in [3.8, 4) is 0 Å². The van der Waals surface area contributed by atoms with Crippen LogP contribution >= 0.6 is 12.2 Å². The number of benzene rings is 1. The molecule has 4 atom stereocenters. The van der Waals surface area contributed by atoms with Gasteiger partial charge < -0.3 is 10.6 Å². The molecule has 2 saturated carbocycles. The van der Waals surface area contributed by atoms with E-state index in [-0.39, 0.29) is 5.69 Å².